The lowest BCUT2D eigenvalue weighted by molar-refractivity contribution is 0.199. The number of aliphatic hydroxyl groups is 1. The van der Waals surface area contributed by atoms with Crippen molar-refractivity contribution in [3.05, 3.63) is 23.9 Å². The molecule has 16 heavy (non-hydrogen) atoms. The van der Waals surface area contributed by atoms with Gasteiger partial charge in [-0.3, -0.25) is 0 Å². The van der Waals surface area contributed by atoms with Gasteiger partial charge in [0.15, 0.2) is 0 Å². The van der Waals surface area contributed by atoms with Gasteiger partial charge < -0.3 is 10.0 Å². The maximum absolute atomic E-state index is 9.61. The number of nitriles is 1. The molecule has 1 unspecified atom stereocenters. The normalized spacial score (nSPS) is 13.9. The SMILES string of the molecule is CC(C#N)CN(C)c1ncccc1[C@H](C)O. The van der Waals surface area contributed by atoms with Gasteiger partial charge in [0, 0.05) is 25.4 Å². The van der Waals surface area contributed by atoms with E-state index in [4.69, 9.17) is 5.26 Å². The first-order valence-electron chi connectivity index (χ1n) is 5.30. The maximum Gasteiger partial charge on any atom is 0.134 e. The maximum atomic E-state index is 9.61. The molecule has 0 bridgehead atoms. The van der Waals surface area contributed by atoms with Crippen LogP contribution in [-0.2, 0) is 0 Å². The van der Waals surface area contributed by atoms with Gasteiger partial charge in [0.25, 0.3) is 0 Å². The first kappa shape index (κ1) is 12.5. The van der Waals surface area contributed by atoms with E-state index < -0.39 is 6.10 Å². The van der Waals surface area contributed by atoms with Crippen LogP contribution in [0.3, 0.4) is 0 Å². The van der Waals surface area contributed by atoms with Crippen LogP contribution < -0.4 is 4.90 Å². The number of hydrogen-bond acceptors (Lipinski definition) is 4. The molecule has 1 heterocycles. The zero-order valence-corrected chi connectivity index (χ0v) is 9.88. The Hall–Kier alpha value is -1.60. The molecule has 0 fully saturated rings. The second-order valence-corrected chi connectivity index (χ2v) is 4.00. The summed E-state index contributed by atoms with van der Waals surface area (Å²) in [6.07, 6.45) is 1.14. The highest BCUT2D eigenvalue weighted by molar-refractivity contribution is 5.47. The number of rotatable bonds is 4. The van der Waals surface area contributed by atoms with Gasteiger partial charge in [-0.15, -0.1) is 0 Å². The fraction of sp³-hybridized carbons (Fsp3) is 0.500. The molecule has 4 nitrogen and oxygen atoms in total. The molecule has 0 aromatic carbocycles. The van der Waals surface area contributed by atoms with Crippen molar-refractivity contribution in [3.63, 3.8) is 0 Å². The molecular formula is C12H17N3O. The Bertz CT molecular complexity index is 384. The molecule has 4 heteroatoms. The zero-order chi connectivity index (χ0) is 12.1. The molecule has 2 atom stereocenters. The number of pyridine rings is 1. The van der Waals surface area contributed by atoms with Crippen LogP contribution in [0.1, 0.15) is 25.5 Å². The fourth-order valence-corrected chi connectivity index (χ4v) is 1.59. The van der Waals surface area contributed by atoms with E-state index in [9.17, 15) is 5.11 Å². The molecule has 0 radical (unpaired) electrons. The van der Waals surface area contributed by atoms with E-state index in [-0.39, 0.29) is 5.92 Å². The van der Waals surface area contributed by atoms with Crippen LogP contribution in [0.4, 0.5) is 5.82 Å². The molecule has 86 valence electrons. The van der Waals surface area contributed by atoms with Crippen molar-refractivity contribution in [2.75, 3.05) is 18.5 Å². The minimum Gasteiger partial charge on any atom is -0.389 e. The van der Waals surface area contributed by atoms with Crippen molar-refractivity contribution in [1.29, 1.82) is 5.26 Å². The Morgan fingerprint density at radius 2 is 2.25 bits per heavy atom. The molecule has 0 spiro atoms. The van der Waals surface area contributed by atoms with Crippen molar-refractivity contribution in [1.82, 2.24) is 4.98 Å². The molecule has 0 aliphatic rings. The van der Waals surface area contributed by atoms with Crippen molar-refractivity contribution < 1.29 is 5.11 Å². The minimum absolute atomic E-state index is 0.0612. The van der Waals surface area contributed by atoms with Crippen LogP contribution in [0.5, 0.6) is 0 Å². The van der Waals surface area contributed by atoms with Gasteiger partial charge in [0.2, 0.25) is 0 Å². The highest BCUT2D eigenvalue weighted by Crippen LogP contribution is 2.23. The van der Waals surface area contributed by atoms with Gasteiger partial charge in [-0.2, -0.15) is 5.26 Å². The zero-order valence-electron chi connectivity index (χ0n) is 9.88. The minimum atomic E-state index is -0.552. The molecule has 0 saturated carbocycles. The van der Waals surface area contributed by atoms with Crippen molar-refractivity contribution in [2.45, 2.75) is 20.0 Å². The number of hydrogen-bond donors (Lipinski definition) is 1. The molecule has 0 amide bonds. The lowest BCUT2D eigenvalue weighted by atomic mass is 10.1. The summed E-state index contributed by atoms with van der Waals surface area (Å²) >= 11 is 0. The summed E-state index contributed by atoms with van der Waals surface area (Å²) in [4.78, 5) is 6.14. The predicted molar refractivity (Wildman–Crippen MR) is 62.9 cm³/mol. The molecule has 1 aromatic heterocycles. The fourth-order valence-electron chi connectivity index (χ4n) is 1.59. The summed E-state index contributed by atoms with van der Waals surface area (Å²) < 4.78 is 0. The average molecular weight is 219 g/mol. The Morgan fingerprint density at radius 1 is 1.56 bits per heavy atom. The van der Waals surface area contributed by atoms with Crippen molar-refractivity contribution in [3.8, 4) is 6.07 Å². The molecule has 0 saturated heterocycles. The van der Waals surface area contributed by atoms with Crippen molar-refractivity contribution >= 4 is 5.82 Å². The Kier molecular flexibility index (Phi) is 4.27. The molecule has 1 N–H and O–H groups in total. The molecule has 0 aliphatic carbocycles. The lowest BCUT2D eigenvalue weighted by Crippen LogP contribution is -2.25. The third kappa shape index (κ3) is 2.94. The van der Waals surface area contributed by atoms with Crippen molar-refractivity contribution in [2.24, 2.45) is 5.92 Å². The summed E-state index contributed by atoms with van der Waals surface area (Å²) in [5.41, 5.74) is 0.787. The van der Waals surface area contributed by atoms with E-state index in [1.54, 1.807) is 19.2 Å². The van der Waals surface area contributed by atoms with E-state index in [1.165, 1.54) is 0 Å². The van der Waals surface area contributed by atoms with Gasteiger partial charge >= 0.3 is 0 Å². The Morgan fingerprint density at radius 3 is 2.81 bits per heavy atom. The smallest absolute Gasteiger partial charge is 0.134 e. The Balaban J connectivity index is 2.91. The van der Waals surface area contributed by atoms with E-state index >= 15 is 0 Å². The third-order valence-electron chi connectivity index (χ3n) is 2.40. The molecule has 1 aromatic rings. The summed E-state index contributed by atoms with van der Waals surface area (Å²) in [6, 6.07) is 5.83. The summed E-state index contributed by atoms with van der Waals surface area (Å²) in [5, 5.41) is 18.4. The van der Waals surface area contributed by atoms with Crippen LogP contribution in [0.2, 0.25) is 0 Å². The summed E-state index contributed by atoms with van der Waals surface area (Å²) in [7, 11) is 1.88. The highest BCUT2D eigenvalue weighted by Gasteiger charge is 2.14. The summed E-state index contributed by atoms with van der Waals surface area (Å²) in [6.45, 7) is 4.18. The van der Waals surface area contributed by atoms with Gasteiger partial charge in [-0.25, -0.2) is 4.98 Å². The standard InChI is InChI=1S/C12H17N3O/c1-9(7-13)8-15(3)12-11(10(2)16)5-4-6-14-12/h4-6,9-10,16H,8H2,1-3H3/t9?,10-/m0/s1. The van der Waals surface area contributed by atoms with E-state index in [0.29, 0.717) is 6.54 Å². The number of anilines is 1. The van der Waals surface area contributed by atoms with Gasteiger partial charge in [-0.05, 0) is 19.9 Å². The first-order valence-corrected chi connectivity index (χ1v) is 5.30. The lowest BCUT2D eigenvalue weighted by Gasteiger charge is -2.22. The number of aliphatic hydroxyl groups excluding tert-OH is 1. The highest BCUT2D eigenvalue weighted by atomic mass is 16.3. The van der Waals surface area contributed by atoms with Crippen LogP contribution in [0.15, 0.2) is 18.3 Å². The van der Waals surface area contributed by atoms with Crippen LogP contribution in [-0.4, -0.2) is 23.7 Å². The average Bonchev–Trinajstić information content (AvgIpc) is 2.28. The van der Waals surface area contributed by atoms with Gasteiger partial charge in [0.1, 0.15) is 5.82 Å². The first-order chi connectivity index (χ1) is 7.56. The van der Waals surface area contributed by atoms with E-state index in [0.717, 1.165) is 11.4 Å². The van der Waals surface area contributed by atoms with E-state index in [2.05, 4.69) is 11.1 Å². The number of aromatic nitrogens is 1. The summed E-state index contributed by atoms with van der Waals surface area (Å²) in [5.74, 6) is 0.674. The quantitative estimate of drug-likeness (QED) is 0.837. The molecular weight excluding hydrogens is 202 g/mol. The second-order valence-electron chi connectivity index (χ2n) is 4.00. The van der Waals surface area contributed by atoms with Crippen LogP contribution in [0, 0.1) is 17.2 Å². The largest absolute Gasteiger partial charge is 0.389 e. The Labute approximate surface area is 96.2 Å². The topological polar surface area (TPSA) is 60.2 Å². The number of nitrogens with zero attached hydrogens (tertiary/aromatic N) is 3. The second kappa shape index (κ2) is 5.47. The van der Waals surface area contributed by atoms with Crippen LogP contribution in [0.25, 0.3) is 0 Å². The molecule has 0 aliphatic heterocycles. The third-order valence-corrected chi connectivity index (χ3v) is 2.40. The monoisotopic (exact) mass is 219 g/mol. The van der Waals surface area contributed by atoms with E-state index in [1.807, 2.05) is 24.9 Å². The predicted octanol–water partition coefficient (Wildman–Crippen LogP) is 1.73. The molecule has 1 rings (SSSR count). The van der Waals surface area contributed by atoms with Gasteiger partial charge in [-0.1, -0.05) is 6.07 Å². The van der Waals surface area contributed by atoms with Crippen LogP contribution >= 0.6 is 0 Å². The van der Waals surface area contributed by atoms with Gasteiger partial charge in [0.05, 0.1) is 18.1 Å².